The van der Waals surface area contributed by atoms with Gasteiger partial charge in [0, 0.05) is 12.0 Å². The molecule has 0 radical (unpaired) electrons. The summed E-state index contributed by atoms with van der Waals surface area (Å²) in [7, 11) is 0. The van der Waals surface area contributed by atoms with Crippen LogP contribution in [-0.4, -0.2) is 16.9 Å². The number of Topliss-reactive ketones (excluding diaryl/α,β-unsaturated/α-hetero) is 1. The zero-order chi connectivity index (χ0) is 12.9. The van der Waals surface area contributed by atoms with Crippen LogP contribution in [0.5, 0.6) is 0 Å². The number of aliphatic carboxylic acids is 1. The minimum absolute atomic E-state index is 0.0314. The molecule has 0 aromatic heterocycles. The number of carboxylic acids is 1. The third-order valence-electron chi connectivity index (χ3n) is 4.05. The molecule has 0 heterocycles. The van der Waals surface area contributed by atoms with Gasteiger partial charge in [0.15, 0.2) is 5.78 Å². The van der Waals surface area contributed by atoms with Crippen molar-refractivity contribution in [3.05, 3.63) is 33.4 Å². The van der Waals surface area contributed by atoms with Gasteiger partial charge < -0.3 is 5.11 Å². The van der Waals surface area contributed by atoms with E-state index in [1.807, 2.05) is 27.7 Å². The van der Waals surface area contributed by atoms with Crippen molar-refractivity contribution < 1.29 is 14.7 Å². The van der Waals surface area contributed by atoms with Crippen LogP contribution in [0.25, 0.3) is 0 Å². The summed E-state index contributed by atoms with van der Waals surface area (Å²) >= 11 is 0. The standard InChI is InChI=1S/C14H16O3/c1-6-7(2)9(4)13-11(15)5-10(14(16)17)12(13)8(6)3/h10H,5H2,1-4H3,(H,16,17). The maximum Gasteiger partial charge on any atom is 0.311 e. The smallest absolute Gasteiger partial charge is 0.311 e. The third-order valence-corrected chi connectivity index (χ3v) is 4.05. The van der Waals surface area contributed by atoms with Crippen LogP contribution < -0.4 is 0 Å². The average molecular weight is 232 g/mol. The maximum absolute atomic E-state index is 12.0. The van der Waals surface area contributed by atoms with E-state index in [4.69, 9.17) is 0 Å². The van der Waals surface area contributed by atoms with Gasteiger partial charge in [0.1, 0.15) is 0 Å². The summed E-state index contributed by atoms with van der Waals surface area (Å²) in [6.07, 6.45) is 0.106. The van der Waals surface area contributed by atoms with Crippen LogP contribution in [0.4, 0.5) is 0 Å². The van der Waals surface area contributed by atoms with Gasteiger partial charge in [-0.15, -0.1) is 0 Å². The van der Waals surface area contributed by atoms with Gasteiger partial charge in [-0.3, -0.25) is 9.59 Å². The van der Waals surface area contributed by atoms with Crippen LogP contribution >= 0.6 is 0 Å². The first-order valence-corrected chi connectivity index (χ1v) is 5.72. The van der Waals surface area contributed by atoms with Crippen molar-refractivity contribution in [2.75, 3.05) is 0 Å². The van der Waals surface area contributed by atoms with E-state index < -0.39 is 11.9 Å². The molecule has 1 unspecified atom stereocenters. The van der Waals surface area contributed by atoms with Crippen LogP contribution in [0.15, 0.2) is 0 Å². The Balaban J connectivity index is 2.82. The summed E-state index contributed by atoms with van der Waals surface area (Å²) in [6.45, 7) is 7.79. The Hall–Kier alpha value is -1.64. The molecule has 0 saturated carbocycles. The van der Waals surface area contributed by atoms with E-state index in [-0.39, 0.29) is 12.2 Å². The summed E-state index contributed by atoms with van der Waals surface area (Å²) in [5.41, 5.74) is 5.49. The molecule has 1 atom stereocenters. The quantitative estimate of drug-likeness (QED) is 0.809. The first-order valence-electron chi connectivity index (χ1n) is 5.72. The second-order valence-electron chi connectivity index (χ2n) is 4.81. The van der Waals surface area contributed by atoms with Crippen LogP contribution in [-0.2, 0) is 4.79 Å². The molecule has 0 saturated heterocycles. The Bertz CT molecular complexity index is 541. The molecule has 1 N–H and O–H groups in total. The summed E-state index contributed by atoms with van der Waals surface area (Å²) in [5.74, 6) is -1.59. The van der Waals surface area contributed by atoms with E-state index in [2.05, 4.69) is 0 Å². The maximum atomic E-state index is 12.0. The van der Waals surface area contributed by atoms with E-state index in [0.29, 0.717) is 5.56 Å². The Morgan fingerprint density at radius 3 is 2.12 bits per heavy atom. The molecule has 2 rings (SSSR count). The first-order chi connectivity index (χ1) is 7.86. The molecule has 0 aliphatic heterocycles. The fraction of sp³-hybridized carbons (Fsp3) is 0.429. The Kier molecular flexibility index (Phi) is 2.57. The minimum atomic E-state index is -0.900. The van der Waals surface area contributed by atoms with Crippen molar-refractivity contribution in [2.45, 2.75) is 40.0 Å². The van der Waals surface area contributed by atoms with Crippen LogP contribution in [0.1, 0.15) is 50.5 Å². The molecule has 0 fully saturated rings. The summed E-state index contributed by atoms with van der Waals surface area (Å²) < 4.78 is 0. The summed E-state index contributed by atoms with van der Waals surface area (Å²) in [5, 5.41) is 9.20. The SMILES string of the molecule is Cc1c(C)c(C)c2c(c1C)C(=O)CC2C(=O)O. The molecular weight excluding hydrogens is 216 g/mol. The predicted octanol–water partition coefficient (Wildman–Crippen LogP) is 2.67. The molecular formula is C14H16O3. The van der Waals surface area contributed by atoms with E-state index in [0.717, 1.165) is 27.8 Å². The molecule has 1 aliphatic carbocycles. The molecule has 1 aromatic rings. The number of hydrogen-bond donors (Lipinski definition) is 1. The molecule has 0 amide bonds. The molecule has 1 aliphatic rings. The number of carbonyl (C=O) groups excluding carboxylic acids is 1. The largest absolute Gasteiger partial charge is 0.481 e. The van der Waals surface area contributed by atoms with E-state index in [1.165, 1.54) is 0 Å². The van der Waals surface area contributed by atoms with Gasteiger partial charge in [-0.05, 0) is 55.5 Å². The number of ketones is 1. The molecule has 0 bridgehead atoms. The number of fused-ring (bicyclic) bond motifs is 1. The van der Waals surface area contributed by atoms with Crippen LogP contribution in [0.3, 0.4) is 0 Å². The van der Waals surface area contributed by atoms with E-state index in [9.17, 15) is 14.7 Å². The molecule has 1 aromatic carbocycles. The van der Waals surface area contributed by atoms with Crippen molar-refractivity contribution in [1.29, 1.82) is 0 Å². The molecule has 90 valence electrons. The van der Waals surface area contributed by atoms with Gasteiger partial charge in [-0.25, -0.2) is 0 Å². The van der Waals surface area contributed by atoms with Gasteiger partial charge in [-0.1, -0.05) is 0 Å². The average Bonchev–Trinajstić information content (AvgIpc) is 2.61. The predicted molar refractivity (Wildman–Crippen MR) is 64.7 cm³/mol. The van der Waals surface area contributed by atoms with Gasteiger partial charge in [0.25, 0.3) is 0 Å². The highest BCUT2D eigenvalue weighted by molar-refractivity contribution is 6.07. The molecule has 3 heteroatoms. The summed E-state index contributed by atoms with van der Waals surface area (Å²) in [6, 6.07) is 0. The van der Waals surface area contributed by atoms with Gasteiger partial charge in [0.05, 0.1) is 5.92 Å². The summed E-state index contributed by atoms with van der Waals surface area (Å²) in [4.78, 5) is 23.2. The fourth-order valence-corrected chi connectivity index (χ4v) is 2.74. The highest BCUT2D eigenvalue weighted by atomic mass is 16.4. The zero-order valence-corrected chi connectivity index (χ0v) is 10.5. The van der Waals surface area contributed by atoms with Gasteiger partial charge in [0.2, 0.25) is 0 Å². The lowest BCUT2D eigenvalue weighted by molar-refractivity contribution is -0.138. The number of carbonyl (C=O) groups is 2. The second kappa shape index (κ2) is 3.69. The normalized spacial score (nSPS) is 18.4. The lowest BCUT2D eigenvalue weighted by Crippen LogP contribution is -2.11. The Morgan fingerprint density at radius 1 is 1.06 bits per heavy atom. The lowest BCUT2D eigenvalue weighted by Gasteiger charge is -2.16. The van der Waals surface area contributed by atoms with Crippen LogP contribution in [0, 0.1) is 27.7 Å². The van der Waals surface area contributed by atoms with E-state index >= 15 is 0 Å². The number of rotatable bonds is 1. The highest BCUT2D eigenvalue weighted by Crippen LogP contribution is 2.40. The monoisotopic (exact) mass is 232 g/mol. The Morgan fingerprint density at radius 2 is 1.59 bits per heavy atom. The number of hydrogen-bond acceptors (Lipinski definition) is 2. The Labute approximate surface area is 100 Å². The molecule has 0 spiro atoms. The highest BCUT2D eigenvalue weighted by Gasteiger charge is 2.37. The second-order valence-corrected chi connectivity index (χ2v) is 4.81. The lowest BCUT2D eigenvalue weighted by atomic mass is 9.87. The van der Waals surface area contributed by atoms with Crippen molar-refractivity contribution in [3.63, 3.8) is 0 Å². The van der Waals surface area contributed by atoms with Crippen molar-refractivity contribution in [1.82, 2.24) is 0 Å². The number of benzene rings is 1. The first kappa shape index (κ1) is 11.8. The molecule has 17 heavy (non-hydrogen) atoms. The number of carboxylic acid groups (broad SMARTS) is 1. The van der Waals surface area contributed by atoms with Crippen molar-refractivity contribution in [3.8, 4) is 0 Å². The minimum Gasteiger partial charge on any atom is -0.481 e. The zero-order valence-electron chi connectivity index (χ0n) is 10.5. The fourth-order valence-electron chi connectivity index (χ4n) is 2.74. The van der Waals surface area contributed by atoms with Gasteiger partial charge in [-0.2, -0.15) is 0 Å². The van der Waals surface area contributed by atoms with Gasteiger partial charge >= 0.3 is 5.97 Å². The van der Waals surface area contributed by atoms with E-state index in [1.54, 1.807) is 0 Å². The van der Waals surface area contributed by atoms with Crippen molar-refractivity contribution >= 4 is 11.8 Å². The topological polar surface area (TPSA) is 54.4 Å². The third kappa shape index (κ3) is 1.49. The van der Waals surface area contributed by atoms with Crippen LogP contribution in [0.2, 0.25) is 0 Å². The van der Waals surface area contributed by atoms with Crippen molar-refractivity contribution in [2.24, 2.45) is 0 Å². The molecule has 3 nitrogen and oxygen atoms in total.